The van der Waals surface area contributed by atoms with Crippen LogP contribution in [0.3, 0.4) is 0 Å². The summed E-state index contributed by atoms with van der Waals surface area (Å²) in [7, 11) is -3.78. The molecule has 3 N–H and O–H groups in total. The van der Waals surface area contributed by atoms with Gasteiger partial charge in [0.1, 0.15) is 6.04 Å². The number of carbonyl (C=O) groups is 1. The molecule has 1 aliphatic heterocycles. The number of hydrogen-bond donors (Lipinski definition) is 2. The van der Waals surface area contributed by atoms with Crippen molar-refractivity contribution >= 4 is 16.1 Å². The van der Waals surface area contributed by atoms with E-state index in [2.05, 4.69) is 5.32 Å². The molecule has 2 fully saturated rings. The smallest absolute Gasteiger partial charge is 0.277 e. The number of hydrogen-bond acceptors (Lipinski definition) is 3. The summed E-state index contributed by atoms with van der Waals surface area (Å²) in [5.41, 5.74) is 0. The summed E-state index contributed by atoms with van der Waals surface area (Å²) < 4.78 is 24.1. The van der Waals surface area contributed by atoms with Crippen LogP contribution < -0.4 is 10.5 Å². The van der Waals surface area contributed by atoms with Crippen LogP contribution in [0.1, 0.15) is 57.8 Å². The molecule has 0 radical (unpaired) electrons. The molecular formula is C13H25N3O3S. The fraction of sp³-hybridized carbons (Fsp3) is 0.923. The van der Waals surface area contributed by atoms with Crippen molar-refractivity contribution in [3.8, 4) is 0 Å². The highest BCUT2D eigenvalue weighted by atomic mass is 32.2. The summed E-state index contributed by atoms with van der Waals surface area (Å²) in [5, 5.41) is 8.20. The molecule has 0 bridgehead atoms. The Kier molecular flexibility index (Phi) is 5.40. The van der Waals surface area contributed by atoms with Crippen LogP contribution >= 0.6 is 0 Å². The summed E-state index contributed by atoms with van der Waals surface area (Å²) >= 11 is 0. The maximum absolute atomic E-state index is 12.3. The molecule has 1 saturated heterocycles. The average molecular weight is 303 g/mol. The first-order valence-corrected chi connectivity index (χ1v) is 9.09. The number of nitrogens with two attached hydrogens (primary N) is 1. The number of nitrogens with one attached hydrogen (secondary N) is 1. The molecule has 1 atom stereocenters. The Morgan fingerprint density at radius 2 is 1.60 bits per heavy atom. The van der Waals surface area contributed by atoms with E-state index < -0.39 is 16.3 Å². The van der Waals surface area contributed by atoms with Crippen molar-refractivity contribution in [2.75, 3.05) is 6.54 Å². The molecule has 1 heterocycles. The zero-order valence-corrected chi connectivity index (χ0v) is 12.7. The van der Waals surface area contributed by atoms with Crippen LogP contribution in [0.2, 0.25) is 0 Å². The minimum Gasteiger partial charge on any atom is -0.352 e. The Morgan fingerprint density at radius 1 is 1.00 bits per heavy atom. The number of carbonyl (C=O) groups excluding carboxylic acids is 1. The second kappa shape index (κ2) is 6.87. The fourth-order valence-corrected chi connectivity index (χ4v) is 4.14. The normalized spacial score (nSPS) is 26.9. The van der Waals surface area contributed by atoms with E-state index in [9.17, 15) is 13.2 Å². The molecule has 0 aromatic heterocycles. The minimum absolute atomic E-state index is 0.179. The fourth-order valence-electron chi connectivity index (χ4n) is 3.20. The molecule has 1 amide bonds. The molecule has 2 aliphatic rings. The summed E-state index contributed by atoms with van der Waals surface area (Å²) in [6, 6.07) is -0.429. The zero-order chi connectivity index (χ0) is 14.6. The average Bonchev–Trinajstić information content (AvgIpc) is 2.81. The van der Waals surface area contributed by atoms with Crippen molar-refractivity contribution < 1.29 is 13.2 Å². The molecule has 1 aliphatic carbocycles. The van der Waals surface area contributed by atoms with E-state index in [0.29, 0.717) is 19.4 Å². The van der Waals surface area contributed by atoms with Gasteiger partial charge in [-0.2, -0.15) is 12.7 Å². The van der Waals surface area contributed by atoms with Gasteiger partial charge in [-0.05, 0) is 25.7 Å². The van der Waals surface area contributed by atoms with E-state index in [0.717, 1.165) is 30.0 Å². The maximum Gasteiger partial charge on any atom is 0.277 e. The summed E-state index contributed by atoms with van der Waals surface area (Å²) in [5.74, 6) is -0.179. The van der Waals surface area contributed by atoms with E-state index in [1.54, 1.807) is 0 Å². The first-order valence-electron chi connectivity index (χ1n) is 7.58. The van der Waals surface area contributed by atoms with Gasteiger partial charge in [0, 0.05) is 12.6 Å². The van der Waals surface area contributed by atoms with Gasteiger partial charge in [-0.15, -0.1) is 0 Å². The van der Waals surface area contributed by atoms with Gasteiger partial charge >= 0.3 is 0 Å². The van der Waals surface area contributed by atoms with Crippen molar-refractivity contribution in [1.29, 1.82) is 0 Å². The van der Waals surface area contributed by atoms with Gasteiger partial charge in [0.05, 0.1) is 0 Å². The standard InChI is InChI=1S/C13H25N3O3S/c14-20(18,19)16-10-6-9-12(16)13(17)15-11-7-4-2-1-3-5-8-11/h11-12H,1-10H2,(H,15,17)(H2,14,18,19)/t12-/m0/s1. The minimum atomic E-state index is -3.78. The Labute approximate surface area is 121 Å². The predicted octanol–water partition coefficient (Wildman–Crippen LogP) is 0.883. The molecule has 1 saturated carbocycles. The van der Waals surface area contributed by atoms with Crippen LogP contribution in [-0.4, -0.2) is 37.3 Å². The molecule has 0 unspecified atom stereocenters. The number of nitrogens with zero attached hydrogens (tertiary/aromatic N) is 1. The first-order chi connectivity index (χ1) is 9.48. The van der Waals surface area contributed by atoms with Crippen molar-refractivity contribution in [2.45, 2.75) is 69.9 Å². The van der Waals surface area contributed by atoms with Crippen molar-refractivity contribution in [1.82, 2.24) is 9.62 Å². The SMILES string of the molecule is NS(=O)(=O)N1CCC[C@H]1C(=O)NC1CCCCCCC1. The van der Waals surface area contributed by atoms with Crippen LogP contribution in [0.5, 0.6) is 0 Å². The third kappa shape index (κ3) is 4.17. The number of amides is 1. The molecule has 2 rings (SSSR count). The quantitative estimate of drug-likeness (QED) is 0.810. The lowest BCUT2D eigenvalue weighted by molar-refractivity contribution is -0.125. The van der Waals surface area contributed by atoms with Gasteiger partial charge in [0.2, 0.25) is 5.91 Å². The Bertz CT molecular complexity index is 430. The Hall–Kier alpha value is -0.660. The zero-order valence-electron chi connectivity index (χ0n) is 11.9. The second-order valence-electron chi connectivity index (χ2n) is 5.86. The molecule has 7 heteroatoms. The maximum atomic E-state index is 12.3. The molecule has 0 spiro atoms. The lowest BCUT2D eigenvalue weighted by Crippen LogP contribution is -2.50. The van der Waals surface area contributed by atoms with Crippen LogP contribution in [0.15, 0.2) is 0 Å². The van der Waals surface area contributed by atoms with E-state index in [1.165, 1.54) is 19.3 Å². The highest BCUT2D eigenvalue weighted by Gasteiger charge is 2.37. The second-order valence-corrected chi connectivity index (χ2v) is 7.36. The van der Waals surface area contributed by atoms with Gasteiger partial charge in [0.15, 0.2) is 0 Å². The van der Waals surface area contributed by atoms with Crippen LogP contribution in [-0.2, 0) is 15.0 Å². The van der Waals surface area contributed by atoms with Gasteiger partial charge in [-0.1, -0.05) is 32.1 Å². The third-order valence-corrected chi connectivity index (χ3v) is 5.38. The largest absolute Gasteiger partial charge is 0.352 e. The first kappa shape index (κ1) is 15.7. The van der Waals surface area contributed by atoms with E-state index in [4.69, 9.17) is 5.14 Å². The molecule has 0 aromatic carbocycles. The van der Waals surface area contributed by atoms with Crippen LogP contribution in [0, 0.1) is 0 Å². The van der Waals surface area contributed by atoms with Crippen molar-refractivity contribution in [2.24, 2.45) is 5.14 Å². The van der Waals surface area contributed by atoms with E-state index in [-0.39, 0.29) is 11.9 Å². The molecule has 116 valence electrons. The van der Waals surface area contributed by atoms with E-state index in [1.807, 2.05) is 0 Å². The lowest BCUT2D eigenvalue weighted by Gasteiger charge is -2.25. The highest BCUT2D eigenvalue weighted by Crippen LogP contribution is 2.21. The van der Waals surface area contributed by atoms with Crippen LogP contribution in [0.25, 0.3) is 0 Å². The lowest BCUT2D eigenvalue weighted by atomic mass is 9.96. The Balaban J connectivity index is 1.93. The van der Waals surface area contributed by atoms with Crippen LogP contribution in [0.4, 0.5) is 0 Å². The molecule has 20 heavy (non-hydrogen) atoms. The van der Waals surface area contributed by atoms with Crippen molar-refractivity contribution in [3.05, 3.63) is 0 Å². The third-order valence-electron chi connectivity index (χ3n) is 4.28. The predicted molar refractivity (Wildman–Crippen MR) is 77.1 cm³/mol. The topological polar surface area (TPSA) is 92.5 Å². The molecular weight excluding hydrogens is 278 g/mol. The Morgan fingerprint density at radius 3 is 2.20 bits per heavy atom. The summed E-state index contributed by atoms with van der Waals surface area (Å²) in [6.45, 7) is 0.349. The van der Waals surface area contributed by atoms with E-state index >= 15 is 0 Å². The van der Waals surface area contributed by atoms with Gasteiger partial charge in [-0.25, -0.2) is 5.14 Å². The summed E-state index contributed by atoms with van der Waals surface area (Å²) in [4.78, 5) is 12.3. The highest BCUT2D eigenvalue weighted by molar-refractivity contribution is 7.86. The molecule has 0 aromatic rings. The van der Waals surface area contributed by atoms with Gasteiger partial charge in [-0.3, -0.25) is 4.79 Å². The molecule has 6 nitrogen and oxygen atoms in total. The number of rotatable bonds is 3. The van der Waals surface area contributed by atoms with Gasteiger partial charge < -0.3 is 5.32 Å². The summed E-state index contributed by atoms with van der Waals surface area (Å²) in [6.07, 6.45) is 9.24. The van der Waals surface area contributed by atoms with Crippen molar-refractivity contribution in [3.63, 3.8) is 0 Å². The van der Waals surface area contributed by atoms with Gasteiger partial charge in [0.25, 0.3) is 10.2 Å². The monoisotopic (exact) mass is 303 g/mol.